The molecule has 1 saturated heterocycles. The molecular weight excluding hydrogens is 254 g/mol. The number of ether oxygens (including phenoxy) is 1. The van der Waals surface area contributed by atoms with Crippen LogP contribution in [0.5, 0.6) is 0 Å². The minimum absolute atomic E-state index is 0.225. The number of benzene rings is 1. The molecule has 1 fully saturated rings. The van der Waals surface area contributed by atoms with Crippen molar-refractivity contribution >= 4 is 10.0 Å². The molecule has 0 aromatic heterocycles. The maximum atomic E-state index is 11.9. The first-order valence-electron chi connectivity index (χ1n) is 5.92. The van der Waals surface area contributed by atoms with E-state index in [4.69, 9.17) is 9.57 Å². The molecule has 0 unspecified atom stereocenters. The number of nitrogens with one attached hydrogen (secondary N) is 1. The van der Waals surface area contributed by atoms with Gasteiger partial charge in [0.25, 0.3) is 0 Å². The maximum absolute atomic E-state index is 11.9. The van der Waals surface area contributed by atoms with Gasteiger partial charge in [-0.05, 0) is 18.4 Å². The molecule has 18 heavy (non-hydrogen) atoms. The monoisotopic (exact) mass is 271 g/mol. The zero-order chi connectivity index (χ0) is 12.8. The van der Waals surface area contributed by atoms with Crippen LogP contribution in [-0.2, 0) is 26.2 Å². The minimum atomic E-state index is -3.41. The highest BCUT2D eigenvalue weighted by molar-refractivity contribution is 7.89. The Bertz CT molecular complexity index is 454. The first kappa shape index (κ1) is 13.5. The lowest BCUT2D eigenvalue weighted by Gasteiger charge is -2.22. The van der Waals surface area contributed by atoms with Crippen molar-refractivity contribution in [1.29, 1.82) is 0 Å². The molecule has 100 valence electrons. The second kappa shape index (κ2) is 6.29. The summed E-state index contributed by atoms with van der Waals surface area (Å²) in [4.78, 5) is 7.25. The molecule has 0 radical (unpaired) electrons. The Morgan fingerprint density at radius 1 is 1.22 bits per heavy atom. The van der Waals surface area contributed by atoms with Crippen molar-refractivity contribution in [2.24, 2.45) is 0 Å². The van der Waals surface area contributed by atoms with Crippen LogP contribution in [0.15, 0.2) is 30.3 Å². The van der Waals surface area contributed by atoms with Crippen LogP contribution in [0.4, 0.5) is 0 Å². The highest BCUT2D eigenvalue weighted by Gasteiger charge is 2.27. The molecule has 1 aliphatic heterocycles. The highest BCUT2D eigenvalue weighted by Crippen LogP contribution is 2.14. The standard InChI is InChI=1S/C12H17NO4S/c14-18(15,12-6-8-16-9-7-12)13-17-10-11-4-2-1-3-5-11/h1-5,12-13H,6-10H2. The number of hydrogen-bond acceptors (Lipinski definition) is 4. The molecule has 2 rings (SSSR count). The van der Waals surface area contributed by atoms with Crippen LogP contribution in [0.2, 0.25) is 0 Å². The Labute approximate surface area is 107 Å². The Hall–Kier alpha value is -0.950. The van der Waals surface area contributed by atoms with Gasteiger partial charge in [0.1, 0.15) is 0 Å². The van der Waals surface area contributed by atoms with Crippen LogP contribution >= 0.6 is 0 Å². The van der Waals surface area contributed by atoms with Crippen molar-refractivity contribution < 1.29 is 18.0 Å². The van der Waals surface area contributed by atoms with Gasteiger partial charge in [0.05, 0.1) is 11.9 Å². The Balaban J connectivity index is 1.82. The fourth-order valence-electron chi connectivity index (χ4n) is 1.82. The second-order valence-electron chi connectivity index (χ2n) is 4.21. The van der Waals surface area contributed by atoms with Gasteiger partial charge in [-0.3, -0.25) is 4.84 Å². The molecule has 6 heteroatoms. The van der Waals surface area contributed by atoms with E-state index in [0.29, 0.717) is 26.1 Å². The summed E-state index contributed by atoms with van der Waals surface area (Å²) in [5.41, 5.74) is 0.923. The topological polar surface area (TPSA) is 64.6 Å². The zero-order valence-corrected chi connectivity index (χ0v) is 10.9. The number of sulfonamides is 1. The average molecular weight is 271 g/mol. The third-order valence-corrected chi connectivity index (χ3v) is 4.56. The van der Waals surface area contributed by atoms with Crippen molar-refractivity contribution in [3.63, 3.8) is 0 Å². The van der Waals surface area contributed by atoms with Crippen LogP contribution in [-0.4, -0.2) is 26.9 Å². The van der Waals surface area contributed by atoms with Crippen LogP contribution in [0.3, 0.4) is 0 Å². The van der Waals surface area contributed by atoms with E-state index in [2.05, 4.69) is 4.89 Å². The summed E-state index contributed by atoms with van der Waals surface area (Å²) in [7, 11) is -3.41. The van der Waals surface area contributed by atoms with Gasteiger partial charge >= 0.3 is 0 Å². The molecule has 1 aliphatic rings. The van der Waals surface area contributed by atoms with Crippen LogP contribution < -0.4 is 4.89 Å². The van der Waals surface area contributed by atoms with E-state index < -0.39 is 15.3 Å². The van der Waals surface area contributed by atoms with Gasteiger partial charge in [-0.15, -0.1) is 0 Å². The van der Waals surface area contributed by atoms with E-state index in [-0.39, 0.29) is 6.61 Å². The Morgan fingerprint density at radius 3 is 2.56 bits per heavy atom. The van der Waals surface area contributed by atoms with E-state index in [1.807, 2.05) is 30.3 Å². The molecule has 0 atom stereocenters. The van der Waals surface area contributed by atoms with Crippen molar-refractivity contribution in [2.75, 3.05) is 13.2 Å². The number of hydrogen-bond donors (Lipinski definition) is 1. The van der Waals surface area contributed by atoms with E-state index >= 15 is 0 Å². The molecule has 1 aromatic rings. The van der Waals surface area contributed by atoms with Gasteiger partial charge in [0, 0.05) is 13.2 Å². The summed E-state index contributed by atoms with van der Waals surface area (Å²) in [6, 6.07) is 9.42. The summed E-state index contributed by atoms with van der Waals surface area (Å²) in [6.07, 6.45) is 1.04. The molecule has 0 bridgehead atoms. The molecule has 0 amide bonds. The molecule has 5 nitrogen and oxygen atoms in total. The van der Waals surface area contributed by atoms with Gasteiger partial charge in [0.2, 0.25) is 10.0 Å². The Morgan fingerprint density at radius 2 is 1.89 bits per heavy atom. The van der Waals surface area contributed by atoms with Gasteiger partial charge < -0.3 is 4.74 Å². The zero-order valence-electron chi connectivity index (χ0n) is 10.0. The molecule has 1 aromatic carbocycles. The van der Waals surface area contributed by atoms with Crippen LogP contribution in [0.25, 0.3) is 0 Å². The van der Waals surface area contributed by atoms with Crippen molar-refractivity contribution in [2.45, 2.75) is 24.7 Å². The third kappa shape index (κ3) is 3.78. The number of rotatable bonds is 5. The average Bonchev–Trinajstić information content (AvgIpc) is 2.41. The quantitative estimate of drug-likeness (QED) is 0.818. The summed E-state index contributed by atoms with van der Waals surface area (Å²) in [6.45, 7) is 1.21. The van der Waals surface area contributed by atoms with Crippen LogP contribution in [0, 0.1) is 0 Å². The molecule has 0 aliphatic carbocycles. The predicted molar refractivity (Wildman–Crippen MR) is 67.1 cm³/mol. The largest absolute Gasteiger partial charge is 0.381 e. The van der Waals surface area contributed by atoms with Gasteiger partial charge in [-0.25, -0.2) is 8.42 Å². The SMILES string of the molecule is O=S(=O)(NOCc1ccccc1)C1CCOCC1. The van der Waals surface area contributed by atoms with Crippen molar-refractivity contribution in [3.8, 4) is 0 Å². The van der Waals surface area contributed by atoms with E-state index in [1.165, 1.54) is 0 Å². The third-order valence-electron chi connectivity index (χ3n) is 2.86. The summed E-state index contributed by atoms with van der Waals surface area (Å²) in [5.74, 6) is 0. The molecular formula is C12H17NO4S. The fraction of sp³-hybridized carbons (Fsp3) is 0.500. The lowest BCUT2D eigenvalue weighted by Crippen LogP contribution is -2.37. The summed E-state index contributed by atoms with van der Waals surface area (Å²) in [5, 5.41) is -0.415. The van der Waals surface area contributed by atoms with Crippen molar-refractivity contribution in [3.05, 3.63) is 35.9 Å². The Kier molecular flexibility index (Phi) is 4.71. The lowest BCUT2D eigenvalue weighted by atomic mass is 10.2. The smallest absolute Gasteiger partial charge is 0.236 e. The lowest BCUT2D eigenvalue weighted by molar-refractivity contribution is 0.0723. The first-order chi connectivity index (χ1) is 8.68. The van der Waals surface area contributed by atoms with Gasteiger partial charge in [-0.1, -0.05) is 35.2 Å². The van der Waals surface area contributed by atoms with Gasteiger partial charge in [0.15, 0.2) is 0 Å². The second-order valence-corrected chi connectivity index (χ2v) is 6.14. The van der Waals surface area contributed by atoms with E-state index in [0.717, 1.165) is 5.56 Å². The molecule has 0 saturated carbocycles. The first-order valence-corrected chi connectivity index (χ1v) is 7.47. The summed E-state index contributed by atoms with van der Waals surface area (Å²) < 4.78 is 28.9. The molecule has 1 N–H and O–H groups in total. The van der Waals surface area contributed by atoms with E-state index in [1.54, 1.807) is 0 Å². The highest BCUT2D eigenvalue weighted by atomic mass is 32.2. The minimum Gasteiger partial charge on any atom is -0.381 e. The molecule has 0 spiro atoms. The van der Waals surface area contributed by atoms with Gasteiger partial charge in [-0.2, -0.15) is 0 Å². The summed E-state index contributed by atoms with van der Waals surface area (Å²) >= 11 is 0. The fourth-order valence-corrected chi connectivity index (χ4v) is 3.00. The molecule has 1 heterocycles. The van der Waals surface area contributed by atoms with E-state index in [9.17, 15) is 8.42 Å². The van der Waals surface area contributed by atoms with Crippen molar-refractivity contribution in [1.82, 2.24) is 4.89 Å². The van der Waals surface area contributed by atoms with Crippen LogP contribution in [0.1, 0.15) is 18.4 Å². The predicted octanol–water partition coefficient (Wildman–Crippen LogP) is 1.22. The normalized spacial score (nSPS) is 17.8. The maximum Gasteiger partial charge on any atom is 0.236 e.